The van der Waals surface area contributed by atoms with Gasteiger partial charge in [-0.05, 0) is 61.3 Å². The lowest BCUT2D eigenvalue weighted by molar-refractivity contribution is 0.731. The van der Waals surface area contributed by atoms with E-state index in [2.05, 4.69) is 70.2 Å². The van der Waals surface area contributed by atoms with Crippen LogP contribution in [0.2, 0.25) is 0 Å². The summed E-state index contributed by atoms with van der Waals surface area (Å²) in [6.07, 6.45) is 3.48. The van der Waals surface area contributed by atoms with E-state index in [4.69, 9.17) is 0 Å². The Balaban J connectivity index is 2.07. The van der Waals surface area contributed by atoms with Gasteiger partial charge in [-0.25, -0.2) is 0 Å². The highest BCUT2D eigenvalue weighted by Gasteiger charge is 2.04. The summed E-state index contributed by atoms with van der Waals surface area (Å²) < 4.78 is 0. The molecule has 2 aromatic rings. The molecule has 0 aliphatic rings. The second-order valence-electron chi connectivity index (χ2n) is 5.98. The maximum absolute atomic E-state index is 2.39. The maximum Gasteiger partial charge on any atom is -0.0193 e. The molecule has 2 aromatic carbocycles. The highest BCUT2D eigenvalue weighted by molar-refractivity contribution is 5.32. The Kier molecular flexibility index (Phi) is 5.00. The summed E-state index contributed by atoms with van der Waals surface area (Å²) in [7, 11) is 0. The van der Waals surface area contributed by atoms with Crippen molar-refractivity contribution >= 4 is 0 Å². The van der Waals surface area contributed by atoms with Gasteiger partial charge in [-0.1, -0.05) is 61.9 Å². The third kappa shape index (κ3) is 3.72. The summed E-state index contributed by atoms with van der Waals surface area (Å²) in [5, 5.41) is 0. The standard InChI is InChI=1S/C20H26/c1-5-16(3)20-8-6-7-18(14-20)10-12-19-11-9-15(2)13-17(19)4/h6-9,11,13-14,16H,5,10,12H2,1-4H3. The fourth-order valence-corrected chi connectivity index (χ4v) is 2.70. The van der Waals surface area contributed by atoms with Crippen molar-refractivity contribution in [3.8, 4) is 0 Å². The van der Waals surface area contributed by atoms with Crippen molar-refractivity contribution in [2.45, 2.75) is 52.9 Å². The van der Waals surface area contributed by atoms with Gasteiger partial charge in [0.05, 0.1) is 0 Å². The zero-order chi connectivity index (χ0) is 14.5. The van der Waals surface area contributed by atoms with Gasteiger partial charge < -0.3 is 0 Å². The van der Waals surface area contributed by atoms with Crippen molar-refractivity contribution < 1.29 is 0 Å². The summed E-state index contributed by atoms with van der Waals surface area (Å²) in [6.45, 7) is 8.94. The van der Waals surface area contributed by atoms with Gasteiger partial charge in [-0.2, -0.15) is 0 Å². The minimum atomic E-state index is 0.663. The Hall–Kier alpha value is -1.56. The van der Waals surface area contributed by atoms with Crippen LogP contribution < -0.4 is 0 Å². The largest absolute Gasteiger partial charge is 0.0648 e. The Bertz CT molecular complexity index is 566. The molecule has 0 saturated carbocycles. The lowest BCUT2D eigenvalue weighted by Crippen LogP contribution is -1.97. The first-order chi connectivity index (χ1) is 9.60. The third-order valence-corrected chi connectivity index (χ3v) is 4.31. The van der Waals surface area contributed by atoms with Crippen LogP contribution in [0.15, 0.2) is 42.5 Å². The average Bonchev–Trinajstić information content (AvgIpc) is 2.46. The van der Waals surface area contributed by atoms with Crippen molar-refractivity contribution in [1.29, 1.82) is 0 Å². The second-order valence-corrected chi connectivity index (χ2v) is 5.98. The van der Waals surface area contributed by atoms with E-state index in [-0.39, 0.29) is 0 Å². The molecule has 20 heavy (non-hydrogen) atoms. The molecule has 106 valence electrons. The molecule has 0 heterocycles. The predicted octanol–water partition coefficient (Wildman–Crippen LogP) is 5.60. The Morgan fingerprint density at radius 3 is 2.45 bits per heavy atom. The summed E-state index contributed by atoms with van der Waals surface area (Å²) in [4.78, 5) is 0. The Morgan fingerprint density at radius 2 is 1.75 bits per heavy atom. The zero-order valence-electron chi connectivity index (χ0n) is 13.2. The molecule has 0 aromatic heterocycles. The molecular weight excluding hydrogens is 240 g/mol. The lowest BCUT2D eigenvalue weighted by atomic mass is 9.94. The van der Waals surface area contributed by atoms with Crippen LogP contribution in [0.1, 0.15) is 54.0 Å². The van der Waals surface area contributed by atoms with Crippen LogP contribution >= 0.6 is 0 Å². The monoisotopic (exact) mass is 266 g/mol. The fraction of sp³-hybridized carbons (Fsp3) is 0.400. The average molecular weight is 266 g/mol. The summed E-state index contributed by atoms with van der Waals surface area (Å²) >= 11 is 0. The predicted molar refractivity (Wildman–Crippen MR) is 88.5 cm³/mol. The van der Waals surface area contributed by atoms with Crippen molar-refractivity contribution in [3.63, 3.8) is 0 Å². The maximum atomic E-state index is 2.39. The molecule has 0 aliphatic carbocycles. The number of aryl methyl sites for hydroxylation is 4. The first-order valence-electron chi connectivity index (χ1n) is 7.75. The van der Waals surface area contributed by atoms with Crippen LogP contribution in [0.3, 0.4) is 0 Å². The molecule has 0 saturated heterocycles. The van der Waals surface area contributed by atoms with Gasteiger partial charge >= 0.3 is 0 Å². The Morgan fingerprint density at radius 1 is 0.950 bits per heavy atom. The minimum Gasteiger partial charge on any atom is -0.0648 e. The number of benzene rings is 2. The molecule has 2 rings (SSSR count). The third-order valence-electron chi connectivity index (χ3n) is 4.31. The lowest BCUT2D eigenvalue weighted by Gasteiger charge is -2.11. The van der Waals surface area contributed by atoms with Gasteiger partial charge in [0.1, 0.15) is 0 Å². The van der Waals surface area contributed by atoms with Crippen LogP contribution in [0, 0.1) is 13.8 Å². The zero-order valence-corrected chi connectivity index (χ0v) is 13.2. The van der Waals surface area contributed by atoms with Crippen molar-refractivity contribution in [1.82, 2.24) is 0 Å². The molecule has 0 heteroatoms. The van der Waals surface area contributed by atoms with E-state index in [9.17, 15) is 0 Å². The number of hydrogen-bond acceptors (Lipinski definition) is 0. The highest BCUT2D eigenvalue weighted by atomic mass is 14.1. The Labute approximate surface area is 123 Å². The van der Waals surface area contributed by atoms with Crippen LogP contribution in [-0.2, 0) is 12.8 Å². The summed E-state index contributed by atoms with van der Waals surface area (Å²) in [5.41, 5.74) is 7.19. The van der Waals surface area contributed by atoms with Crippen molar-refractivity contribution in [2.24, 2.45) is 0 Å². The minimum absolute atomic E-state index is 0.663. The van der Waals surface area contributed by atoms with Gasteiger partial charge in [-0.15, -0.1) is 0 Å². The first-order valence-corrected chi connectivity index (χ1v) is 7.75. The molecule has 0 fully saturated rings. The fourth-order valence-electron chi connectivity index (χ4n) is 2.70. The molecule has 1 unspecified atom stereocenters. The molecular formula is C20H26. The highest BCUT2D eigenvalue weighted by Crippen LogP contribution is 2.21. The SMILES string of the molecule is CCC(C)c1cccc(CCc2ccc(C)cc2C)c1. The summed E-state index contributed by atoms with van der Waals surface area (Å²) in [6, 6.07) is 15.9. The molecule has 0 bridgehead atoms. The van der Waals surface area contributed by atoms with E-state index < -0.39 is 0 Å². The molecule has 0 nitrogen and oxygen atoms in total. The van der Waals surface area contributed by atoms with E-state index in [1.54, 1.807) is 0 Å². The van der Waals surface area contributed by atoms with E-state index >= 15 is 0 Å². The molecule has 0 N–H and O–H groups in total. The first kappa shape index (κ1) is 14.8. The molecule has 0 spiro atoms. The van der Waals surface area contributed by atoms with E-state index in [1.807, 2.05) is 0 Å². The van der Waals surface area contributed by atoms with Crippen molar-refractivity contribution in [3.05, 3.63) is 70.3 Å². The van der Waals surface area contributed by atoms with Crippen LogP contribution in [0.25, 0.3) is 0 Å². The van der Waals surface area contributed by atoms with Crippen molar-refractivity contribution in [2.75, 3.05) is 0 Å². The molecule has 0 amide bonds. The van der Waals surface area contributed by atoms with Crippen LogP contribution in [-0.4, -0.2) is 0 Å². The molecule has 1 atom stereocenters. The summed E-state index contributed by atoms with van der Waals surface area (Å²) in [5.74, 6) is 0.663. The van der Waals surface area contributed by atoms with Gasteiger partial charge in [-0.3, -0.25) is 0 Å². The van der Waals surface area contributed by atoms with E-state index in [1.165, 1.54) is 34.2 Å². The molecule has 0 radical (unpaired) electrons. The van der Waals surface area contributed by atoms with Gasteiger partial charge in [0.15, 0.2) is 0 Å². The quantitative estimate of drug-likeness (QED) is 0.660. The number of rotatable bonds is 5. The van der Waals surface area contributed by atoms with E-state index in [0.29, 0.717) is 5.92 Å². The topological polar surface area (TPSA) is 0 Å². The second kappa shape index (κ2) is 6.74. The van der Waals surface area contributed by atoms with Gasteiger partial charge in [0.2, 0.25) is 0 Å². The van der Waals surface area contributed by atoms with Gasteiger partial charge in [0, 0.05) is 0 Å². The number of hydrogen-bond donors (Lipinski definition) is 0. The van der Waals surface area contributed by atoms with E-state index in [0.717, 1.165) is 12.8 Å². The molecule has 0 aliphatic heterocycles. The van der Waals surface area contributed by atoms with Crippen LogP contribution in [0.4, 0.5) is 0 Å². The smallest absolute Gasteiger partial charge is 0.0193 e. The van der Waals surface area contributed by atoms with Crippen LogP contribution in [0.5, 0.6) is 0 Å². The normalized spacial score (nSPS) is 12.4. The van der Waals surface area contributed by atoms with Gasteiger partial charge in [0.25, 0.3) is 0 Å².